The van der Waals surface area contributed by atoms with E-state index in [2.05, 4.69) is 15.1 Å². The molecule has 2 fully saturated rings. The van der Waals surface area contributed by atoms with Gasteiger partial charge in [-0.05, 0) is 24.5 Å². The molecule has 0 aliphatic carbocycles. The molecule has 2 aliphatic rings. The number of amides is 1. The molecule has 0 aromatic heterocycles. The van der Waals surface area contributed by atoms with Crippen molar-refractivity contribution < 1.29 is 14.5 Å². The van der Waals surface area contributed by atoms with Crippen molar-refractivity contribution in [1.82, 2.24) is 10.2 Å². The van der Waals surface area contributed by atoms with E-state index in [1.807, 2.05) is 12.1 Å². The minimum atomic E-state index is -0.312. The lowest BCUT2D eigenvalue weighted by atomic mass is 10.0. The van der Waals surface area contributed by atoms with Gasteiger partial charge in [-0.15, -0.1) is 0 Å². The molecule has 0 radical (unpaired) electrons. The van der Waals surface area contributed by atoms with E-state index in [0.29, 0.717) is 18.8 Å². The Kier molecular flexibility index (Phi) is 6.05. The van der Waals surface area contributed by atoms with Gasteiger partial charge in [0.1, 0.15) is 5.69 Å². The second-order valence-corrected chi connectivity index (χ2v) is 6.93. The van der Waals surface area contributed by atoms with Crippen molar-refractivity contribution in [3.05, 3.63) is 33.9 Å². The maximum absolute atomic E-state index is 11.5. The van der Waals surface area contributed by atoms with E-state index in [1.54, 1.807) is 6.07 Å². The molecule has 3 rings (SSSR count). The number of ether oxygens (including phenoxy) is 1. The third-order valence-corrected chi connectivity index (χ3v) is 4.99. The Morgan fingerprint density at radius 3 is 2.58 bits per heavy atom. The van der Waals surface area contributed by atoms with E-state index >= 15 is 0 Å². The molecule has 1 amide bonds. The molecule has 26 heavy (non-hydrogen) atoms. The molecule has 1 aromatic rings. The van der Waals surface area contributed by atoms with E-state index in [-0.39, 0.29) is 22.6 Å². The first-order valence-corrected chi connectivity index (χ1v) is 9.12. The number of nitrogens with zero attached hydrogens (tertiary/aromatic N) is 3. The van der Waals surface area contributed by atoms with E-state index in [4.69, 9.17) is 4.74 Å². The molecule has 2 aliphatic heterocycles. The Labute approximate surface area is 153 Å². The Morgan fingerprint density at radius 2 is 1.96 bits per heavy atom. The third-order valence-electron chi connectivity index (χ3n) is 4.99. The van der Waals surface area contributed by atoms with Crippen molar-refractivity contribution in [2.24, 2.45) is 0 Å². The number of nitro benzene ring substituents is 1. The van der Waals surface area contributed by atoms with Gasteiger partial charge in [0.05, 0.1) is 18.1 Å². The first-order chi connectivity index (χ1) is 12.5. The smallest absolute Gasteiger partial charge is 0.292 e. The fraction of sp³-hybridized carbons (Fsp3) is 0.611. The van der Waals surface area contributed by atoms with Gasteiger partial charge < -0.3 is 15.0 Å². The Hall–Kier alpha value is -2.19. The summed E-state index contributed by atoms with van der Waals surface area (Å²) < 4.78 is 5.38. The number of nitro groups is 1. The molecular formula is C18H26N4O4. The Balaban J connectivity index is 1.72. The fourth-order valence-electron chi connectivity index (χ4n) is 3.64. The van der Waals surface area contributed by atoms with E-state index < -0.39 is 0 Å². The highest BCUT2D eigenvalue weighted by Gasteiger charge is 2.25. The number of carbonyl (C=O) groups is 1. The summed E-state index contributed by atoms with van der Waals surface area (Å²) in [6.07, 6.45) is 1.59. The maximum Gasteiger partial charge on any atom is 0.292 e. The number of nitrogens with one attached hydrogen (secondary N) is 1. The minimum Gasteiger partial charge on any atom is -0.379 e. The van der Waals surface area contributed by atoms with Crippen LogP contribution >= 0.6 is 0 Å². The first-order valence-electron chi connectivity index (χ1n) is 9.12. The van der Waals surface area contributed by atoms with Crippen molar-refractivity contribution in [2.45, 2.75) is 32.4 Å². The normalized spacial score (nSPS) is 19.3. The summed E-state index contributed by atoms with van der Waals surface area (Å²) in [7, 11) is 0. The summed E-state index contributed by atoms with van der Waals surface area (Å²) in [5.74, 6) is -0.0260. The van der Waals surface area contributed by atoms with Crippen molar-refractivity contribution >= 4 is 17.3 Å². The van der Waals surface area contributed by atoms with Crippen LogP contribution < -0.4 is 10.2 Å². The summed E-state index contributed by atoms with van der Waals surface area (Å²) in [5, 5.41) is 14.4. The Morgan fingerprint density at radius 1 is 1.27 bits per heavy atom. The van der Waals surface area contributed by atoms with Crippen molar-refractivity contribution in [3.8, 4) is 0 Å². The van der Waals surface area contributed by atoms with Gasteiger partial charge in [0.25, 0.3) is 5.69 Å². The number of anilines is 1. The number of benzene rings is 1. The zero-order valence-electron chi connectivity index (χ0n) is 15.1. The number of hydrogen-bond acceptors (Lipinski definition) is 6. The lowest BCUT2D eigenvalue weighted by molar-refractivity contribution is -0.384. The predicted molar refractivity (Wildman–Crippen MR) is 98.2 cm³/mol. The van der Waals surface area contributed by atoms with Crippen LogP contribution in [0.5, 0.6) is 0 Å². The molecule has 1 N–H and O–H groups in total. The zero-order chi connectivity index (χ0) is 18.5. The first kappa shape index (κ1) is 18.6. The van der Waals surface area contributed by atoms with Crippen LogP contribution in [0.25, 0.3) is 0 Å². The monoisotopic (exact) mass is 362 g/mol. The highest BCUT2D eigenvalue weighted by Crippen LogP contribution is 2.32. The number of morpholine rings is 1. The molecule has 142 valence electrons. The number of piperidine rings is 1. The van der Waals surface area contributed by atoms with Crippen molar-refractivity contribution in [2.75, 3.05) is 44.3 Å². The molecule has 2 saturated heterocycles. The standard InChI is InChI=1S/C18H26N4O4/c1-14(23)19-16-4-6-21(7-5-16)18-12-15(2-3-17(18)22(24)25)13-20-8-10-26-11-9-20/h2-3,12,16H,4-11,13H2,1H3,(H,19,23). The van der Waals surface area contributed by atoms with Crippen LogP contribution in [0.2, 0.25) is 0 Å². The van der Waals surface area contributed by atoms with Gasteiger partial charge in [-0.1, -0.05) is 6.07 Å². The predicted octanol–water partition coefficient (Wildman–Crippen LogP) is 1.53. The highest BCUT2D eigenvalue weighted by atomic mass is 16.6. The molecular weight excluding hydrogens is 336 g/mol. The van der Waals surface area contributed by atoms with Crippen LogP contribution in [-0.4, -0.2) is 61.2 Å². The zero-order valence-corrected chi connectivity index (χ0v) is 15.1. The van der Waals surface area contributed by atoms with E-state index in [1.165, 1.54) is 6.92 Å². The summed E-state index contributed by atoms with van der Waals surface area (Å²) in [5.41, 5.74) is 1.91. The molecule has 0 spiro atoms. The molecule has 8 heteroatoms. The van der Waals surface area contributed by atoms with Gasteiger partial charge in [-0.2, -0.15) is 0 Å². The van der Waals surface area contributed by atoms with Crippen LogP contribution in [0, 0.1) is 10.1 Å². The van der Waals surface area contributed by atoms with Gasteiger partial charge in [0.2, 0.25) is 5.91 Å². The van der Waals surface area contributed by atoms with Crippen LogP contribution in [-0.2, 0) is 16.1 Å². The topological polar surface area (TPSA) is 88.0 Å². The highest BCUT2D eigenvalue weighted by molar-refractivity contribution is 5.73. The van der Waals surface area contributed by atoms with Crippen molar-refractivity contribution in [3.63, 3.8) is 0 Å². The SMILES string of the molecule is CC(=O)NC1CCN(c2cc(CN3CCOCC3)ccc2[N+](=O)[O-])CC1. The quantitative estimate of drug-likeness (QED) is 0.631. The molecule has 2 heterocycles. The second-order valence-electron chi connectivity index (χ2n) is 6.93. The third kappa shape index (κ3) is 4.70. The van der Waals surface area contributed by atoms with Crippen LogP contribution in [0.4, 0.5) is 11.4 Å². The van der Waals surface area contributed by atoms with E-state index in [0.717, 1.165) is 51.3 Å². The number of rotatable bonds is 5. The van der Waals surface area contributed by atoms with Crippen LogP contribution in [0.15, 0.2) is 18.2 Å². The molecule has 0 unspecified atom stereocenters. The summed E-state index contributed by atoms with van der Waals surface area (Å²) in [4.78, 5) is 26.7. The lowest BCUT2D eigenvalue weighted by Crippen LogP contribution is -2.44. The maximum atomic E-state index is 11.5. The summed E-state index contributed by atoms with van der Waals surface area (Å²) in [6, 6.07) is 5.57. The van der Waals surface area contributed by atoms with Gasteiger partial charge in [0.15, 0.2) is 0 Å². The minimum absolute atomic E-state index is 0.0260. The molecule has 8 nitrogen and oxygen atoms in total. The lowest BCUT2D eigenvalue weighted by Gasteiger charge is -2.34. The van der Waals surface area contributed by atoms with Gasteiger partial charge in [-0.3, -0.25) is 19.8 Å². The average molecular weight is 362 g/mol. The number of hydrogen-bond donors (Lipinski definition) is 1. The van der Waals surface area contributed by atoms with Crippen LogP contribution in [0.3, 0.4) is 0 Å². The van der Waals surface area contributed by atoms with Gasteiger partial charge in [-0.25, -0.2) is 0 Å². The van der Waals surface area contributed by atoms with Gasteiger partial charge >= 0.3 is 0 Å². The van der Waals surface area contributed by atoms with Crippen molar-refractivity contribution in [1.29, 1.82) is 0 Å². The second kappa shape index (κ2) is 8.46. The van der Waals surface area contributed by atoms with Gasteiger partial charge in [0, 0.05) is 51.8 Å². The molecule has 0 atom stereocenters. The molecule has 0 bridgehead atoms. The summed E-state index contributed by atoms with van der Waals surface area (Å²) >= 11 is 0. The Bertz CT molecular complexity index is 653. The molecule has 1 aromatic carbocycles. The molecule has 0 saturated carbocycles. The largest absolute Gasteiger partial charge is 0.379 e. The summed E-state index contributed by atoms with van der Waals surface area (Å²) in [6.45, 7) is 6.93. The fourth-order valence-corrected chi connectivity index (χ4v) is 3.64. The van der Waals surface area contributed by atoms with Crippen LogP contribution in [0.1, 0.15) is 25.3 Å². The average Bonchev–Trinajstić information content (AvgIpc) is 2.62. The van der Waals surface area contributed by atoms with E-state index in [9.17, 15) is 14.9 Å². The number of carbonyl (C=O) groups excluding carboxylic acids is 1.